The molecule has 0 unspecified atom stereocenters. The van der Waals surface area contributed by atoms with E-state index in [1.54, 1.807) is 73.4 Å². The van der Waals surface area contributed by atoms with Crippen molar-refractivity contribution in [3.05, 3.63) is 89.9 Å². The normalized spacial score (nSPS) is 11.7. The summed E-state index contributed by atoms with van der Waals surface area (Å²) >= 11 is 0. The fraction of sp³-hybridized carbons (Fsp3) is 0.0645. The van der Waals surface area contributed by atoms with Crippen LogP contribution in [0.25, 0.3) is 46.1 Å². The van der Waals surface area contributed by atoms with Crippen LogP contribution in [0.1, 0.15) is 22.5 Å². The maximum absolute atomic E-state index is 9.64. The lowest BCUT2D eigenvalue weighted by Crippen LogP contribution is -2.01. The van der Waals surface area contributed by atoms with E-state index >= 15 is 0 Å². The highest BCUT2D eigenvalue weighted by Crippen LogP contribution is 2.32. The molecule has 0 bridgehead atoms. The molecule has 0 amide bonds. The fourth-order valence-corrected chi connectivity index (χ4v) is 5.42. The minimum Gasteiger partial charge on any atom is -0.257 e. The Balaban J connectivity index is 1.00. The van der Waals surface area contributed by atoms with Crippen LogP contribution < -0.4 is 0 Å². The second-order valence-electron chi connectivity index (χ2n) is 11.2. The molecule has 23 nitrogen and oxygen atoms in total. The van der Waals surface area contributed by atoms with Gasteiger partial charge in [0.2, 0.25) is 11.6 Å². The van der Waals surface area contributed by atoms with Crippen molar-refractivity contribution in [1.82, 2.24) is 84.3 Å². The first kappa shape index (κ1) is 31.3. The highest BCUT2D eigenvalue weighted by Gasteiger charge is 2.22. The molecule has 2 N–H and O–H groups in total. The first-order valence-corrected chi connectivity index (χ1v) is 15.7. The molecule has 0 saturated carbocycles. The number of azo groups is 2. The average Bonchev–Trinajstić information content (AvgIpc) is 4.06. The molecule has 258 valence electrons. The molecule has 0 atom stereocenters. The maximum Gasteiger partial charge on any atom is 0.252 e. The van der Waals surface area contributed by atoms with Gasteiger partial charge in [-0.05, 0) is 44.2 Å². The Labute approximate surface area is 300 Å². The van der Waals surface area contributed by atoms with Crippen LogP contribution in [0.2, 0.25) is 0 Å². The Morgan fingerprint density at radius 3 is 1.69 bits per heavy atom. The van der Waals surface area contributed by atoms with Gasteiger partial charge in [-0.3, -0.25) is 10.2 Å². The van der Waals surface area contributed by atoms with Gasteiger partial charge in [-0.2, -0.15) is 59.5 Å². The van der Waals surface area contributed by atoms with Crippen molar-refractivity contribution in [3.8, 4) is 46.9 Å². The zero-order chi connectivity index (χ0) is 36.8. The number of nitrogens with zero attached hydrogens (tertiary/aromatic N) is 21. The standard InChI is InChI=1S/C31H19N23/c1-16-23(41-43-25-18(12-32)14-37-51(25)22-6-3-4-9-34-22)29-47-45-27(52(29)49-16)20-7-8-21(40-39-20)28-46-48-30-24(17(2)50-53(28)30)42-44-26-19(13-33)15-38-54(26)31-35-10-5-11-36-31/h3-11,14-15,47-48H,1-2H3. The molecule has 54 heavy (non-hydrogen) atoms. The lowest BCUT2D eigenvalue weighted by Gasteiger charge is -2.01. The second kappa shape index (κ2) is 12.5. The summed E-state index contributed by atoms with van der Waals surface area (Å²) in [5.41, 5.74) is 3.96. The van der Waals surface area contributed by atoms with Gasteiger partial charge < -0.3 is 0 Å². The van der Waals surface area contributed by atoms with Gasteiger partial charge in [0, 0.05) is 18.6 Å². The van der Waals surface area contributed by atoms with Crippen LogP contribution in [0.5, 0.6) is 0 Å². The number of pyridine rings is 1. The number of nitrogens with one attached hydrogen (secondary N) is 2. The lowest BCUT2D eigenvalue weighted by molar-refractivity contribution is 0.803. The van der Waals surface area contributed by atoms with Crippen LogP contribution in [-0.2, 0) is 0 Å². The van der Waals surface area contributed by atoms with Gasteiger partial charge in [-0.25, -0.2) is 15.0 Å². The Hall–Kier alpha value is -8.73. The largest absolute Gasteiger partial charge is 0.257 e. The number of fused-ring (bicyclic) bond motifs is 2. The monoisotopic (exact) mass is 713 g/mol. The van der Waals surface area contributed by atoms with Crippen LogP contribution >= 0.6 is 0 Å². The van der Waals surface area contributed by atoms with Gasteiger partial charge in [0.05, 0.1) is 23.8 Å². The molecular formula is C31H19N23. The molecule has 0 aliphatic heterocycles. The van der Waals surface area contributed by atoms with E-state index in [9.17, 15) is 10.5 Å². The minimum atomic E-state index is 0.153. The molecule has 9 rings (SSSR count). The van der Waals surface area contributed by atoms with Crippen LogP contribution in [0, 0.1) is 36.5 Å². The number of aromatic nitrogens is 17. The predicted molar refractivity (Wildman–Crippen MR) is 182 cm³/mol. The van der Waals surface area contributed by atoms with Gasteiger partial charge >= 0.3 is 0 Å². The van der Waals surface area contributed by atoms with E-state index in [1.165, 1.54) is 26.3 Å². The van der Waals surface area contributed by atoms with Crippen molar-refractivity contribution in [1.29, 1.82) is 10.5 Å². The minimum absolute atomic E-state index is 0.153. The number of hydrogen-bond donors (Lipinski definition) is 2. The van der Waals surface area contributed by atoms with Gasteiger partial charge in [0.1, 0.15) is 34.7 Å². The van der Waals surface area contributed by atoms with Crippen LogP contribution in [-0.4, -0.2) is 84.3 Å². The summed E-state index contributed by atoms with van der Waals surface area (Å²) in [5.74, 6) is 1.81. The molecule has 0 radical (unpaired) electrons. The van der Waals surface area contributed by atoms with E-state index in [4.69, 9.17) is 0 Å². The SMILES string of the molecule is Cc1nn2c(-c3ccc(-c4n[nH]c5c(N=Nc6c(C#N)cnn6-c6ncccn6)c(C)nn45)nn3)n[nH]c2c1N=Nc1c(C#N)cnn1-c1ccccn1. The lowest BCUT2D eigenvalue weighted by atomic mass is 10.3. The average molecular weight is 714 g/mol. The molecular weight excluding hydrogens is 695 g/mol. The first-order chi connectivity index (χ1) is 26.5. The van der Waals surface area contributed by atoms with Crippen molar-refractivity contribution >= 4 is 34.3 Å². The maximum atomic E-state index is 9.64. The molecule has 0 aliphatic rings. The van der Waals surface area contributed by atoms with Crippen LogP contribution in [0.4, 0.5) is 23.0 Å². The molecule has 9 aromatic heterocycles. The van der Waals surface area contributed by atoms with Crippen molar-refractivity contribution < 1.29 is 0 Å². The summed E-state index contributed by atoms with van der Waals surface area (Å²) in [6.07, 6.45) is 7.49. The third-order valence-electron chi connectivity index (χ3n) is 7.94. The zero-order valence-corrected chi connectivity index (χ0v) is 27.7. The van der Waals surface area contributed by atoms with Gasteiger partial charge in [0.25, 0.3) is 5.95 Å². The highest BCUT2D eigenvalue weighted by molar-refractivity contribution is 5.71. The third-order valence-corrected chi connectivity index (χ3v) is 7.94. The summed E-state index contributed by atoms with van der Waals surface area (Å²) in [4.78, 5) is 12.7. The van der Waals surface area contributed by atoms with Crippen LogP contribution in [0.3, 0.4) is 0 Å². The fourth-order valence-electron chi connectivity index (χ4n) is 5.42. The van der Waals surface area contributed by atoms with Gasteiger partial charge in [0.15, 0.2) is 40.1 Å². The summed E-state index contributed by atoms with van der Waals surface area (Å²) in [6, 6.07) is 14.6. The van der Waals surface area contributed by atoms with Gasteiger partial charge in [-0.1, -0.05) is 6.07 Å². The summed E-state index contributed by atoms with van der Waals surface area (Å²) in [7, 11) is 0. The quantitative estimate of drug-likeness (QED) is 0.208. The molecule has 9 heterocycles. The topological polar surface area (TPSA) is 289 Å². The Bertz CT molecular complexity index is 2770. The van der Waals surface area contributed by atoms with Crippen LogP contribution in [0.15, 0.2) is 87.8 Å². The smallest absolute Gasteiger partial charge is 0.252 e. The van der Waals surface area contributed by atoms with Crippen molar-refractivity contribution in [2.24, 2.45) is 20.5 Å². The Kier molecular flexibility index (Phi) is 7.27. The van der Waals surface area contributed by atoms with Crippen molar-refractivity contribution in [3.63, 3.8) is 0 Å². The van der Waals surface area contributed by atoms with E-state index in [2.05, 4.69) is 98.5 Å². The highest BCUT2D eigenvalue weighted by atomic mass is 15.4. The van der Waals surface area contributed by atoms with Crippen molar-refractivity contribution in [2.45, 2.75) is 13.8 Å². The second-order valence-corrected chi connectivity index (χ2v) is 11.2. The number of hydrogen-bond acceptors (Lipinski definition) is 17. The van der Waals surface area contributed by atoms with Gasteiger partial charge in [-0.15, -0.1) is 30.7 Å². The van der Waals surface area contributed by atoms with Crippen molar-refractivity contribution in [2.75, 3.05) is 0 Å². The first-order valence-electron chi connectivity index (χ1n) is 15.7. The number of H-pyrrole nitrogens is 2. The van der Waals surface area contributed by atoms with E-state index < -0.39 is 0 Å². The Morgan fingerprint density at radius 1 is 0.630 bits per heavy atom. The molecule has 23 heteroatoms. The zero-order valence-electron chi connectivity index (χ0n) is 27.7. The number of aromatic amines is 2. The molecule has 0 fully saturated rings. The summed E-state index contributed by atoms with van der Waals surface area (Å²) in [5, 5.41) is 77.8. The van der Waals surface area contributed by atoms with E-state index in [-0.39, 0.29) is 28.7 Å². The molecule has 9 aromatic rings. The predicted octanol–water partition coefficient (Wildman–Crippen LogP) is 4.30. The van der Waals surface area contributed by atoms with E-state index in [0.717, 1.165) is 0 Å². The number of rotatable bonds is 8. The molecule has 0 aliphatic carbocycles. The third kappa shape index (κ3) is 5.09. The van der Waals surface area contributed by atoms with E-state index in [0.29, 0.717) is 62.9 Å². The number of nitriles is 2. The molecule has 0 saturated heterocycles. The molecule has 0 aromatic carbocycles. The summed E-state index contributed by atoms with van der Waals surface area (Å²) < 4.78 is 5.83. The Morgan fingerprint density at radius 2 is 1.17 bits per heavy atom. The molecule has 0 spiro atoms. The van der Waals surface area contributed by atoms with E-state index in [1.807, 2.05) is 0 Å². The number of aryl methyl sites for hydroxylation is 2. The summed E-state index contributed by atoms with van der Waals surface area (Å²) in [6.45, 7) is 3.53.